The third-order valence-electron chi connectivity index (χ3n) is 2.96. The zero-order valence-corrected chi connectivity index (χ0v) is 7.75. The Hall–Kier alpha value is -1.04. The van der Waals surface area contributed by atoms with Gasteiger partial charge in [-0.15, -0.1) is 0 Å². The normalized spacial score (nSPS) is 19.6. The Morgan fingerprint density at radius 1 is 1.46 bits per heavy atom. The quantitative estimate of drug-likeness (QED) is 0.677. The number of carboxylic acid groups (broad SMARTS) is 1. The van der Waals surface area contributed by atoms with Crippen molar-refractivity contribution in [3.8, 4) is 6.07 Å². The van der Waals surface area contributed by atoms with E-state index in [9.17, 15) is 4.79 Å². The second-order valence-corrected chi connectivity index (χ2v) is 3.80. The van der Waals surface area contributed by atoms with E-state index < -0.39 is 11.4 Å². The van der Waals surface area contributed by atoms with Gasteiger partial charge in [0.25, 0.3) is 0 Å². The first kappa shape index (κ1) is 10.0. The van der Waals surface area contributed by atoms with Gasteiger partial charge in [-0.05, 0) is 25.7 Å². The van der Waals surface area contributed by atoms with Crippen molar-refractivity contribution in [2.45, 2.75) is 44.9 Å². The molecular formula is C10H15NO2. The maximum Gasteiger partial charge on any atom is 0.309 e. The zero-order valence-electron chi connectivity index (χ0n) is 7.75. The molecular weight excluding hydrogens is 166 g/mol. The minimum Gasteiger partial charge on any atom is -0.481 e. The molecule has 1 fully saturated rings. The van der Waals surface area contributed by atoms with Crippen LogP contribution in [0.2, 0.25) is 0 Å². The van der Waals surface area contributed by atoms with Crippen LogP contribution in [0.15, 0.2) is 0 Å². The molecule has 0 aromatic rings. The fourth-order valence-electron chi connectivity index (χ4n) is 2.13. The summed E-state index contributed by atoms with van der Waals surface area (Å²) in [6, 6.07) is 2.05. The lowest BCUT2D eigenvalue weighted by Gasteiger charge is -2.22. The lowest BCUT2D eigenvalue weighted by Crippen LogP contribution is -2.27. The fourth-order valence-corrected chi connectivity index (χ4v) is 2.13. The van der Waals surface area contributed by atoms with E-state index >= 15 is 0 Å². The van der Waals surface area contributed by atoms with Crippen LogP contribution < -0.4 is 0 Å². The molecule has 1 aliphatic rings. The van der Waals surface area contributed by atoms with Crippen LogP contribution in [0.5, 0.6) is 0 Å². The summed E-state index contributed by atoms with van der Waals surface area (Å²) in [6.45, 7) is 0. The summed E-state index contributed by atoms with van der Waals surface area (Å²) >= 11 is 0. The standard InChI is InChI=1S/C10H15NO2/c11-8-4-3-7-10(9(12)13)5-1-2-6-10/h1-7H2,(H,12,13). The largest absolute Gasteiger partial charge is 0.481 e. The summed E-state index contributed by atoms with van der Waals surface area (Å²) in [4.78, 5) is 11.0. The number of carbonyl (C=O) groups is 1. The molecule has 3 heteroatoms. The van der Waals surface area contributed by atoms with Crippen molar-refractivity contribution in [1.29, 1.82) is 5.26 Å². The molecule has 1 aliphatic carbocycles. The van der Waals surface area contributed by atoms with Gasteiger partial charge < -0.3 is 5.11 Å². The highest BCUT2D eigenvalue weighted by atomic mass is 16.4. The SMILES string of the molecule is N#CCCCC1(C(=O)O)CCCC1. The highest BCUT2D eigenvalue weighted by Gasteiger charge is 2.40. The molecule has 0 aliphatic heterocycles. The Balaban J connectivity index is 2.48. The number of carboxylic acids is 1. The van der Waals surface area contributed by atoms with E-state index in [0.717, 1.165) is 32.1 Å². The van der Waals surface area contributed by atoms with E-state index in [1.807, 2.05) is 0 Å². The molecule has 1 N–H and O–H groups in total. The number of hydrogen-bond donors (Lipinski definition) is 1. The summed E-state index contributed by atoms with van der Waals surface area (Å²) in [6.07, 6.45) is 5.53. The average Bonchev–Trinajstić information content (AvgIpc) is 2.55. The molecule has 3 nitrogen and oxygen atoms in total. The molecule has 0 spiro atoms. The maximum absolute atomic E-state index is 11.0. The van der Waals surface area contributed by atoms with Crippen molar-refractivity contribution in [1.82, 2.24) is 0 Å². The second kappa shape index (κ2) is 4.27. The Morgan fingerprint density at radius 2 is 2.08 bits per heavy atom. The molecule has 0 aromatic carbocycles. The Morgan fingerprint density at radius 3 is 2.54 bits per heavy atom. The smallest absolute Gasteiger partial charge is 0.309 e. The van der Waals surface area contributed by atoms with Gasteiger partial charge in [0.1, 0.15) is 0 Å². The van der Waals surface area contributed by atoms with Gasteiger partial charge in [0, 0.05) is 6.42 Å². The van der Waals surface area contributed by atoms with Gasteiger partial charge >= 0.3 is 5.97 Å². The number of rotatable bonds is 4. The van der Waals surface area contributed by atoms with Crippen LogP contribution in [0.1, 0.15) is 44.9 Å². The molecule has 0 saturated heterocycles. The zero-order chi connectivity index (χ0) is 9.73. The number of unbranched alkanes of at least 4 members (excludes halogenated alkanes) is 1. The molecule has 0 bridgehead atoms. The highest BCUT2D eigenvalue weighted by molar-refractivity contribution is 5.74. The molecule has 1 saturated carbocycles. The van der Waals surface area contributed by atoms with Gasteiger partial charge in [0.15, 0.2) is 0 Å². The summed E-state index contributed by atoms with van der Waals surface area (Å²) < 4.78 is 0. The molecule has 13 heavy (non-hydrogen) atoms. The third kappa shape index (κ3) is 2.21. The summed E-state index contributed by atoms with van der Waals surface area (Å²) in [5.41, 5.74) is -0.489. The van der Waals surface area contributed by atoms with Gasteiger partial charge in [0.2, 0.25) is 0 Å². The first-order chi connectivity index (χ1) is 6.21. The van der Waals surface area contributed by atoms with Crippen LogP contribution in [0.25, 0.3) is 0 Å². The number of aliphatic carboxylic acids is 1. The topological polar surface area (TPSA) is 61.1 Å². The van der Waals surface area contributed by atoms with Crippen LogP contribution in [0.4, 0.5) is 0 Å². The number of hydrogen-bond acceptors (Lipinski definition) is 2. The molecule has 0 amide bonds. The van der Waals surface area contributed by atoms with Gasteiger partial charge in [0.05, 0.1) is 11.5 Å². The number of nitrogens with zero attached hydrogens (tertiary/aromatic N) is 1. The minimum atomic E-state index is -0.664. The second-order valence-electron chi connectivity index (χ2n) is 3.80. The van der Waals surface area contributed by atoms with E-state index in [0.29, 0.717) is 12.8 Å². The molecule has 0 heterocycles. The highest BCUT2D eigenvalue weighted by Crippen LogP contribution is 2.42. The lowest BCUT2D eigenvalue weighted by atomic mass is 9.81. The molecule has 0 aromatic heterocycles. The van der Waals surface area contributed by atoms with E-state index in [1.165, 1.54) is 0 Å². The Labute approximate surface area is 78.4 Å². The fraction of sp³-hybridized carbons (Fsp3) is 0.800. The van der Waals surface area contributed by atoms with E-state index in [4.69, 9.17) is 10.4 Å². The van der Waals surface area contributed by atoms with Gasteiger partial charge in [-0.1, -0.05) is 12.8 Å². The predicted octanol–water partition coefficient (Wildman–Crippen LogP) is 2.33. The molecule has 0 radical (unpaired) electrons. The van der Waals surface area contributed by atoms with E-state index in [-0.39, 0.29) is 0 Å². The van der Waals surface area contributed by atoms with Crippen LogP contribution in [0.3, 0.4) is 0 Å². The molecule has 1 rings (SSSR count). The first-order valence-electron chi connectivity index (χ1n) is 4.82. The van der Waals surface area contributed by atoms with Gasteiger partial charge in [-0.3, -0.25) is 4.79 Å². The van der Waals surface area contributed by atoms with Crippen molar-refractivity contribution in [2.75, 3.05) is 0 Å². The Kier molecular flexibility index (Phi) is 3.30. The van der Waals surface area contributed by atoms with Crippen molar-refractivity contribution in [2.24, 2.45) is 5.41 Å². The van der Waals surface area contributed by atoms with E-state index in [2.05, 4.69) is 6.07 Å². The van der Waals surface area contributed by atoms with Gasteiger partial charge in [-0.25, -0.2) is 0 Å². The van der Waals surface area contributed by atoms with Crippen LogP contribution >= 0.6 is 0 Å². The summed E-state index contributed by atoms with van der Waals surface area (Å²) in [5.74, 6) is -0.664. The van der Waals surface area contributed by atoms with Crippen molar-refractivity contribution >= 4 is 5.97 Å². The molecule has 0 atom stereocenters. The van der Waals surface area contributed by atoms with Gasteiger partial charge in [-0.2, -0.15) is 5.26 Å². The maximum atomic E-state index is 11.0. The van der Waals surface area contributed by atoms with Crippen molar-refractivity contribution in [3.63, 3.8) is 0 Å². The van der Waals surface area contributed by atoms with Crippen LogP contribution in [-0.2, 0) is 4.79 Å². The average molecular weight is 181 g/mol. The first-order valence-corrected chi connectivity index (χ1v) is 4.82. The lowest BCUT2D eigenvalue weighted by molar-refractivity contribution is -0.149. The summed E-state index contributed by atoms with van der Waals surface area (Å²) in [7, 11) is 0. The predicted molar refractivity (Wildman–Crippen MR) is 48.0 cm³/mol. The van der Waals surface area contributed by atoms with Crippen LogP contribution in [-0.4, -0.2) is 11.1 Å². The van der Waals surface area contributed by atoms with Crippen molar-refractivity contribution < 1.29 is 9.90 Å². The minimum absolute atomic E-state index is 0.481. The summed E-state index contributed by atoms with van der Waals surface area (Å²) in [5, 5.41) is 17.4. The Bertz CT molecular complexity index is 224. The van der Waals surface area contributed by atoms with Crippen LogP contribution in [0, 0.1) is 16.7 Å². The van der Waals surface area contributed by atoms with E-state index in [1.54, 1.807) is 0 Å². The molecule has 72 valence electrons. The molecule has 0 unspecified atom stereocenters. The monoisotopic (exact) mass is 181 g/mol. The third-order valence-corrected chi connectivity index (χ3v) is 2.96. The van der Waals surface area contributed by atoms with Crippen molar-refractivity contribution in [3.05, 3.63) is 0 Å². The number of nitriles is 1.